The Labute approximate surface area is 107 Å². The normalized spacial score (nSPS) is 15.5. The zero-order valence-electron chi connectivity index (χ0n) is 9.20. The first-order chi connectivity index (χ1) is 7.31. The summed E-state index contributed by atoms with van der Waals surface area (Å²) in [6.07, 6.45) is 0. The first kappa shape index (κ1) is 13.4. The van der Waals surface area contributed by atoms with Gasteiger partial charge in [-0.25, -0.2) is 0 Å². The molecule has 0 aromatic heterocycles. The quantitative estimate of drug-likeness (QED) is 0.885. The molecule has 0 atom stereocenters. The van der Waals surface area contributed by atoms with Crippen molar-refractivity contribution < 1.29 is 4.74 Å². The lowest BCUT2D eigenvalue weighted by molar-refractivity contribution is 0.415. The average molecular weight is 263 g/mol. The van der Waals surface area contributed by atoms with Crippen molar-refractivity contribution in [2.75, 3.05) is 38.2 Å². The molecule has 3 nitrogen and oxygen atoms in total. The third kappa shape index (κ3) is 2.94. The van der Waals surface area contributed by atoms with E-state index in [1.807, 2.05) is 18.2 Å². The van der Waals surface area contributed by atoms with Crippen LogP contribution in [0.5, 0.6) is 5.75 Å². The standard InChI is InChI=1S/C11H15ClN2O.ClH/c1-15-11-8-9(2-3-10(11)12)14-6-4-13-5-7-14;/h2-3,8,13H,4-7H2,1H3;1H. The third-order valence-corrected chi connectivity index (χ3v) is 2.93. The molecule has 1 heterocycles. The number of methoxy groups -OCH3 is 1. The van der Waals surface area contributed by atoms with Crippen LogP contribution in [0.25, 0.3) is 0 Å². The molecule has 0 radical (unpaired) electrons. The SMILES string of the molecule is COc1cc(N2CCNCC2)ccc1Cl.Cl. The lowest BCUT2D eigenvalue weighted by atomic mass is 10.2. The van der Waals surface area contributed by atoms with Crippen LogP contribution in [0.3, 0.4) is 0 Å². The summed E-state index contributed by atoms with van der Waals surface area (Å²) in [7, 11) is 1.64. The summed E-state index contributed by atoms with van der Waals surface area (Å²) < 4.78 is 5.20. The number of ether oxygens (including phenoxy) is 1. The Morgan fingerprint density at radius 3 is 2.62 bits per heavy atom. The number of piperazine rings is 1. The molecule has 1 aliphatic heterocycles. The van der Waals surface area contributed by atoms with E-state index in [1.54, 1.807) is 7.11 Å². The van der Waals surface area contributed by atoms with Crippen LogP contribution in [0.15, 0.2) is 18.2 Å². The second kappa shape index (κ2) is 6.18. The van der Waals surface area contributed by atoms with Crippen LogP contribution in [0, 0.1) is 0 Å². The van der Waals surface area contributed by atoms with Crippen molar-refractivity contribution in [3.05, 3.63) is 23.2 Å². The highest BCUT2D eigenvalue weighted by atomic mass is 35.5. The number of anilines is 1. The smallest absolute Gasteiger partial charge is 0.139 e. The van der Waals surface area contributed by atoms with Gasteiger partial charge in [0.2, 0.25) is 0 Å². The van der Waals surface area contributed by atoms with Gasteiger partial charge in [-0.1, -0.05) is 11.6 Å². The second-order valence-corrected chi connectivity index (χ2v) is 3.96. The molecule has 90 valence electrons. The van der Waals surface area contributed by atoms with Crippen LogP contribution in [0.4, 0.5) is 5.69 Å². The van der Waals surface area contributed by atoms with Crippen LogP contribution in [0.1, 0.15) is 0 Å². The van der Waals surface area contributed by atoms with Gasteiger partial charge in [0.15, 0.2) is 0 Å². The number of halogens is 2. The van der Waals surface area contributed by atoms with E-state index in [4.69, 9.17) is 16.3 Å². The number of rotatable bonds is 2. The summed E-state index contributed by atoms with van der Waals surface area (Å²) in [5.41, 5.74) is 1.18. The van der Waals surface area contributed by atoms with Crippen LogP contribution >= 0.6 is 24.0 Å². The topological polar surface area (TPSA) is 24.5 Å². The summed E-state index contributed by atoms with van der Waals surface area (Å²) in [5, 5.41) is 3.99. The van der Waals surface area contributed by atoms with Gasteiger partial charge in [0, 0.05) is 37.9 Å². The molecular formula is C11H16Cl2N2O. The maximum atomic E-state index is 5.98. The Bertz CT molecular complexity index is 341. The van der Waals surface area contributed by atoms with Crippen molar-refractivity contribution in [2.45, 2.75) is 0 Å². The fourth-order valence-corrected chi connectivity index (χ4v) is 1.96. The van der Waals surface area contributed by atoms with E-state index >= 15 is 0 Å². The average Bonchev–Trinajstić information content (AvgIpc) is 2.31. The minimum Gasteiger partial charge on any atom is -0.495 e. The predicted molar refractivity (Wildman–Crippen MR) is 70.3 cm³/mol. The van der Waals surface area contributed by atoms with Crippen molar-refractivity contribution in [2.24, 2.45) is 0 Å². The summed E-state index contributed by atoms with van der Waals surface area (Å²) in [6, 6.07) is 5.92. The van der Waals surface area contributed by atoms with E-state index in [0.29, 0.717) is 5.02 Å². The first-order valence-corrected chi connectivity index (χ1v) is 5.48. The molecule has 0 saturated carbocycles. The van der Waals surface area contributed by atoms with Crippen LogP contribution in [0.2, 0.25) is 5.02 Å². The van der Waals surface area contributed by atoms with Crippen LogP contribution in [-0.4, -0.2) is 33.3 Å². The molecule has 1 aliphatic rings. The number of hydrogen-bond donors (Lipinski definition) is 1. The lowest BCUT2D eigenvalue weighted by Crippen LogP contribution is -2.43. The third-order valence-electron chi connectivity index (χ3n) is 2.62. The van der Waals surface area contributed by atoms with Gasteiger partial charge in [0.05, 0.1) is 12.1 Å². The molecule has 0 aliphatic carbocycles. The summed E-state index contributed by atoms with van der Waals surface area (Å²) in [4.78, 5) is 2.33. The highest BCUT2D eigenvalue weighted by Gasteiger charge is 2.11. The predicted octanol–water partition coefficient (Wildman–Crippen LogP) is 2.18. The summed E-state index contributed by atoms with van der Waals surface area (Å²) >= 11 is 5.98. The number of hydrogen-bond acceptors (Lipinski definition) is 3. The van der Waals surface area contributed by atoms with Crippen molar-refractivity contribution in [3.8, 4) is 5.75 Å². The zero-order valence-corrected chi connectivity index (χ0v) is 10.8. The van der Waals surface area contributed by atoms with E-state index in [0.717, 1.165) is 31.9 Å². The number of nitrogens with zero attached hydrogens (tertiary/aromatic N) is 1. The van der Waals surface area contributed by atoms with Crippen molar-refractivity contribution in [1.82, 2.24) is 5.32 Å². The minimum absolute atomic E-state index is 0. The molecule has 1 fully saturated rings. The fraction of sp³-hybridized carbons (Fsp3) is 0.455. The molecule has 0 unspecified atom stereocenters. The van der Waals surface area contributed by atoms with Crippen molar-refractivity contribution >= 4 is 29.7 Å². The van der Waals surface area contributed by atoms with E-state index in [2.05, 4.69) is 10.2 Å². The lowest BCUT2D eigenvalue weighted by Gasteiger charge is -2.29. The molecule has 1 aromatic rings. The zero-order chi connectivity index (χ0) is 10.7. The van der Waals surface area contributed by atoms with Gasteiger partial charge < -0.3 is 15.0 Å². The fourth-order valence-electron chi connectivity index (χ4n) is 1.77. The van der Waals surface area contributed by atoms with Gasteiger partial charge in [-0.2, -0.15) is 0 Å². The molecule has 1 saturated heterocycles. The molecule has 2 rings (SSSR count). The molecule has 0 spiro atoms. The molecular weight excluding hydrogens is 247 g/mol. The van der Waals surface area contributed by atoms with Gasteiger partial charge in [0.25, 0.3) is 0 Å². The Kier molecular flexibility index (Phi) is 5.19. The molecule has 1 aromatic carbocycles. The highest BCUT2D eigenvalue weighted by molar-refractivity contribution is 6.32. The second-order valence-electron chi connectivity index (χ2n) is 3.56. The molecule has 1 N–H and O–H groups in total. The molecule has 5 heteroatoms. The van der Waals surface area contributed by atoms with E-state index < -0.39 is 0 Å². The molecule has 0 amide bonds. The summed E-state index contributed by atoms with van der Waals surface area (Å²) in [6.45, 7) is 4.13. The summed E-state index contributed by atoms with van der Waals surface area (Å²) in [5.74, 6) is 0.743. The number of benzene rings is 1. The Morgan fingerprint density at radius 2 is 2.00 bits per heavy atom. The minimum atomic E-state index is 0. The maximum Gasteiger partial charge on any atom is 0.139 e. The number of nitrogens with one attached hydrogen (secondary N) is 1. The van der Waals surface area contributed by atoms with E-state index in [9.17, 15) is 0 Å². The van der Waals surface area contributed by atoms with E-state index in [-0.39, 0.29) is 12.4 Å². The van der Waals surface area contributed by atoms with Gasteiger partial charge in [-0.15, -0.1) is 12.4 Å². The Balaban J connectivity index is 0.00000128. The Morgan fingerprint density at radius 1 is 1.31 bits per heavy atom. The van der Waals surface area contributed by atoms with Crippen molar-refractivity contribution in [1.29, 1.82) is 0 Å². The van der Waals surface area contributed by atoms with E-state index in [1.165, 1.54) is 5.69 Å². The molecule has 0 bridgehead atoms. The highest BCUT2D eigenvalue weighted by Crippen LogP contribution is 2.29. The first-order valence-electron chi connectivity index (χ1n) is 5.10. The van der Waals surface area contributed by atoms with Crippen LogP contribution in [-0.2, 0) is 0 Å². The largest absolute Gasteiger partial charge is 0.495 e. The van der Waals surface area contributed by atoms with Gasteiger partial charge >= 0.3 is 0 Å². The van der Waals surface area contributed by atoms with Crippen LogP contribution < -0.4 is 15.0 Å². The maximum absolute atomic E-state index is 5.98. The molecule has 16 heavy (non-hydrogen) atoms. The van der Waals surface area contributed by atoms with Gasteiger partial charge in [-0.05, 0) is 12.1 Å². The Hall–Kier alpha value is -0.640. The van der Waals surface area contributed by atoms with Crippen molar-refractivity contribution in [3.63, 3.8) is 0 Å². The van der Waals surface area contributed by atoms with Gasteiger partial charge in [0.1, 0.15) is 5.75 Å². The monoisotopic (exact) mass is 262 g/mol. The van der Waals surface area contributed by atoms with Gasteiger partial charge in [-0.3, -0.25) is 0 Å².